The molecule has 1 saturated carbocycles. The van der Waals surface area contributed by atoms with Gasteiger partial charge in [0.2, 0.25) is 0 Å². The van der Waals surface area contributed by atoms with Gasteiger partial charge in [-0.1, -0.05) is 6.92 Å². The number of anilines is 2. The normalized spacial score (nSPS) is 24.5. The number of aromatic nitrogens is 5. The average Bonchev–Trinajstić information content (AvgIpc) is 3.47. The minimum atomic E-state index is -2.79. The van der Waals surface area contributed by atoms with Gasteiger partial charge in [0, 0.05) is 24.5 Å². The number of nitrogens with zero attached hydrogens (tertiary/aromatic N) is 6. The average molecular weight is 486 g/mol. The highest BCUT2D eigenvalue weighted by molar-refractivity contribution is 6.08. The van der Waals surface area contributed by atoms with Gasteiger partial charge in [0.25, 0.3) is 12.3 Å². The first-order valence-corrected chi connectivity index (χ1v) is 12.4. The first-order chi connectivity index (χ1) is 17.0. The Morgan fingerprint density at radius 1 is 1.17 bits per heavy atom. The molecule has 1 aliphatic carbocycles. The number of rotatable bonds is 4. The molecule has 0 radical (unpaired) electrons. The maximum atomic E-state index is 13.8. The molecule has 2 fully saturated rings. The molecule has 186 valence electrons. The summed E-state index contributed by atoms with van der Waals surface area (Å²) < 4.78 is 36.4. The van der Waals surface area contributed by atoms with Crippen LogP contribution in [-0.4, -0.2) is 56.1 Å². The summed E-state index contributed by atoms with van der Waals surface area (Å²) in [6.45, 7) is 4.25. The van der Waals surface area contributed by atoms with Crippen molar-refractivity contribution in [3.8, 4) is 0 Å². The highest BCUT2D eigenvalue weighted by Gasteiger charge is 2.32. The van der Waals surface area contributed by atoms with Crippen molar-refractivity contribution in [1.29, 1.82) is 0 Å². The number of hydrogen-bond acceptors (Lipinski definition) is 6. The molecule has 35 heavy (non-hydrogen) atoms. The molecular formula is C24H29F2N7O2. The fourth-order valence-electron chi connectivity index (χ4n) is 5.57. The smallest absolute Gasteiger partial charge is 0.284 e. The van der Waals surface area contributed by atoms with Gasteiger partial charge in [-0.15, -0.1) is 0 Å². The Labute approximate surface area is 201 Å². The Morgan fingerprint density at radius 2 is 2.00 bits per heavy atom. The molecule has 9 nitrogen and oxygen atoms in total. The Kier molecular flexibility index (Phi) is 5.66. The minimum absolute atomic E-state index is 0.0363. The van der Waals surface area contributed by atoms with E-state index in [-0.39, 0.29) is 23.3 Å². The van der Waals surface area contributed by atoms with Crippen molar-refractivity contribution in [2.24, 2.45) is 5.92 Å². The summed E-state index contributed by atoms with van der Waals surface area (Å²) in [5, 5.41) is 11.1. The van der Waals surface area contributed by atoms with Crippen LogP contribution in [0, 0.1) is 5.92 Å². The van der Waals surface area contributed by atoms with Crippen LogP contribution in [0.2, 0.25) is 0 Å². The van der Waals surface area contributed by atoms with E-state index in [9.17, 15) is 13.6 Å². The van der Waals surface area contributed by atoms with E-state index < -0.39 is 18.0 Å². The fraction of sp³-hybridized carbons (Fsp3) is 0.583. The second-order valence-corrected chi connectivity index (χ2v) is 9.95. The first-order valence-electron chi connectivity index (χ1n) is 12.4. The number of carbonyl (C=O) groups excluding carboxylic acids is 1. The highest BCUT2D eigenvalue weighted by Crippen LogP contribution is 2.35. The van der Waals surface area contributed by atoms with E-state index in [0.717, 1.165) is 56.5 Å². The Hall–Kier alpha value is -3.08. The van der Waals surface area contributed by atoms with Crippen LogP contribution < -0.4 is 10.2 Å². The molecular weight excluding hydrogens is 456 g/mol. The molecule has 3 aliphatic rings. The van der Waals surface area contributed by atoms with Gasteiger partial charge in [0.15, 0.2) is 11.3 Å². The number of aryl methyl sites for hydroxylation is 1. The third kappa shape index (κ3) is 4.05. The van der Waals surface area contributed by atoms with Crippen molar-refractivity contribution in [1.82, 2.24) is 24.4 Å². The predicted molar refractivity (Wildman–Crippen MR) is 125 cm³/mol. The Morgan fingerprint density at radius 3 is 2.80 bits per heavy atom. The number of amides is 1. The van der Waals surface area contributed by atoms with Crippen molar-refractivity contribution in [3.05, 3.63) is 35.4 Å². The minimum Gasteiger partial charge on any atom is -0.377 e. The van der Waals surface area contributed by atoms with Gasteiger partial charge < -0.3 is 15.0 Å². The summed E-state index contributed by atoms with van der Waals surface area (Å²) in [6.07, 6.45) is 7.81. The Bertz CT molecular complexity index is 1250. The standard InChI is InChI=1S/C24H29F2N7O2/c1-14-2-5-16(6-3-14)32-12-19(20(30-32)21(25)26)28-24(34)18-10-27-33-11-15-4-7-17-13-35-9-8-31(17)22(15)29-23(18)33/h10-12,14,16-17,21H,2-9,13H2,1H3,(H,28,34). The Balaban J connectivity index is 1.29. The van der Waals surface area contributed by atoms with Gasteiger partial charge in [0.05, 0.1) is 37.2 Å². The number of ether oxygens (including phenoxy) is 1. The van der Waals surface area contributed by atoms with E-state index in [1.165, 1.54) is 6.20 Å². The number of nitrogens with one attached hydrogen (secondary N) is 1. The molecule has 2 aliphatic heterocycles. The molecule has 1 saturated heterocycles. The van der Waals surface area contributed by atoms with E-state index in [1.807, 2.05) is 6.20 Å². The van der Waals surface area contributed by atoms with Gasteiger partial charge in [0.1, 0.15) is 11.4 Å². The third-order valence-electron chi connectivity index (χ3n) is 7.61. The van der Waals surface area contributed by atoms with Crippen LogP contribution in [0.25, 0.3) is 5.65 Å². The monoisotopic (exact) mass is 485 g/mol. The van der Waals surface area contributed by atoms with E-state index >= 15 is 0 Å². The summed E-state index contributed by atoms with van der Waals surface area (Å²) in [7, 11) is 0. The molecule has 5 heterocycles. The lowest BCUT2D eigenvalue weighted by Gasteiger charge is -2.40. The van der Waals surface area contributed by atoms with Crippen LogP contribution in [-0.2, 0) is 11.2 Å². The zero-order valence-corrected chi connectivity index (χ0v) is 19.7. The van der Waals surface area contributed by atoms with Crippen LogP contribution in [0.5, 0.6) is 0 Å². The lowest BCUT2D eigenvalue weighted by molar-refractivity contribution is 0.0891. The van der Waals surface area contributed by atoms with Gasteiger partial charge >= 0.3 is 0 Å². The van der Waals surface area contributed by atoms with E-state index in [1.54, 1.807) is 15.4 Å². The van der Waals surface area contributed by atoms with Crippen molar-refractivity contribution in [2.75, 3.05) is 30.0 Å². The highest BCUT2D eigenvalue weighted by atomic mass is 19.3. The predicted octanol–water partition coefficient (Wildman–Crippen LogP) is 4.02. The molecule has 0 spiro atoms. The quantitative estimate of drug-likeness (QED) is 0.601. The van der Waals surface area contributed by atoms with Gasteiger partial charge in [-0.2, -0.15) is 10.2 Å². The van der Waals surface area contributed by atoms with Gasteiger partial charge in [-0.05, 0) is 44.4 Å². The number of hydrogen-bond donors (Lipinski definition) is 1. The zero-order chi connectivity index (χ0) is 24.1. The molecule has 3 aromatic heterocycles. The zero-order valence-electron chi connectivity index (χ0n) is 19.7. The van der Waals surface area contributed by atoms with Gasteiger partial charge in [-0.25, -0.2) is 18.3 Å². The van der Waals surface area contributed by atoms with Crippen molar-refractivity contribution >= 4 is 23.1 Å². The lowest BCUT2D eigenvalue weighted by atomic mass is 9.87. The summed E-state index contributed by atoms with van der Waals surface area (Å²) in [5.74, 6) is 0.955. The van der Waals surface area contributed by atoms with Crippen LogP contribution >= 0.6 is 0 Å². The number of carbonyl (C=O) groups is 1. The molecule has 6 rings (SSSR count). The fourth-order valence-corrected chi connectivity index (χ4v) is 5.57. The van der Waals surface area contributed by atoms with Crippen LogP contribution in [0.4, 0.5) is 20.3 Å². The number of halogens is 2. The summed E-state index contributed by atoms with van der Waals surface area (Å²) in [6, 6.07) is 0.342. The van der Waals surface area contributed by atoms with E-state index in [2.05, 4.69) is 27.3 Å². The molecule has 3 aromatic rings. The van der Waals surface area contributed by atoms with Crippen LogP contribution in [0.3, 0.4) is 0 Å². The van der Waals surface area contributed by atoms with Crippen LogP contribution in [0.15, 0.2) is 18.6 Å². The first kappa shape index (κ1) is 22.4. The largest absolute Gasteiger partial charge is 0.377 e. The maximum absolute atomic E-state index is 13.8. The molecule has 0 bridgehead atoms. The maximum Gasteiger partial charge on any atom is 0.284 e. The topological polar surface area (TPSA) is 89.6 Å². The molecule has 1 N–H and O–H groups in total. The van der Waals surface area contributed by atoms with Crippen molar-refractivity contribution < 1.29 is 18.3 Å². The van der Waals surface area contributed by atoms with E-state index in [0.29, 0.717) is 24.8 Å². The van der Waals surface area contributed by atoms with Crippen molar-refractivity contribution in [3.63, 3.8) is 0 Å². The molecule has 0 aromatic carbocycles. The molecule has 1 amide bonds. The second-order valence-electron chi connectivity index (χ2n) is 9.95. The number of alkyl halides is 2. The lowest BCUT2D eigenvalue weighted by Crippen LogP contribution is -2.48. The summed E-state index contributed by atoms with van der Waals surface area (Å²) in [5.41, 5.74) is 1.35. The van der Waals surface area contributed by atoms with Crippen molar-refractivity contribution in [2.45, 2.75) is 64.0 Å². The molecule has 1 atom stereocenters. The van der Waals surface area contributed by atoms with Crippen LogP contribution in [0.1, 0.15) is 73.1 Å². The number of morpholine rings is 1. The SMILES string of the molecule is CC1CCC(n2cc(NC(=O)c3cnn4cc5c(nc34)N3CCOCC3CC5)c(C(F)F)n2)CC1. The van der Waals surface area contributed by atoms with E-state index in [4.69, 9.17) is 9.72 Å². The number of fused-ring (bicyclic) bond motifs is 4. The second kappa shape index (κ2) is 8.85. The summed E-state index contributed by atoms with van der Waals surface area (Å²) >= 11 is 0. The third-order valence-corrected chi connectivity index (χ3v) is 7.61. The van der Waals surface area contributed by atoms with Gasteiger partial charge in [-0.3, -0.25) is 9.48 Å². The summed E-state index contributed by atoms with van der Waals surface area (Å²) in [4.78, 5) is 20.3. The molecule has 11 heteroatoms. The molecule has 1 unspecified atom stereocenters.